The van der Waals surface area contributed by atoms with E-state index < -0.39 is 8.07 Å². The number of aryl methyl sites for hydroxylation is 2. The largest absolute Gasteiger partial charge is 0.507 e. The van der Waals surface area contributed by atoms with Crippen LogP contribution in [0.3, 0.4) is 0 Å². The molecule has 5 aromatic rings. The molecule has 5 rings (SSSR count). The minimum atomic E-state index is -1.47. The molecule has 0 spiro atoms. The number of hydrogen-bond donors (Lipinski definition) is 1. The first kappa shape index (κ1) is 26.3. The van der Waals surface area contributed by atoms with Gasteiger partial charge in [-0.3, -0.25) is 4.98 Å². The molecule has 0 saturated carbocycles. The minimum absolute atomic E-state index is 0.0207. The highest BCUT2D eigenvalue weighted by atomic mass is 32.1. The number of aromatic hydroxyl groups is 1. The lowest BCUT2D eigenvalue weighted by atomic mass is 9.83. The highest BCUT2D eigenvalue weighted by Crippen LogP contribution is 2.41. The first-order valence-corrected chi connectivity index (χ1v) is 17.5. The summed E-state index contributed by atoms with van der Waals surface area (Å²) in [4.78, 5) is 9.89. The number of phenolic OH excluding ortho intramolecular Hbond substituents is 1. The Hall–Kier alpha value is -3.28. The predicted molar refractivity (Wildman–Crippen MR) is 167 cm³/mol. The van der Waals surface area contributed by atoms with E-state index in [2.05, 4.69) is 95.9 Å². The van der Waals surface area contributed by atoms with E-state index in [1.54, 1.807) is 11.3 Å². The third-order valence-corrected chi connectivity index (χ3v) is 10.2. The predicted octanol–water partition coefficient (Wildman–Crippen LogP) is 8.86. The summed E-state index contributed by atoms with van der Waals surface area (Å²) >= 11 is 1.63. The molecule has 0 aliphatic carbocycles. The quantitative estimate of drug-likeness (QED) is 0.233. The Balaban J connectivity index is 1.71. The highest BCUT2D eigenvalue weighted by Gasteiger charge is 2.21. The van der Waals surface area contributed by atoms with E-state index in [1.807, 2.05) is 25.3 Å². The molecule has 0 radical (unpaired) electrons. The van der Waals surface area contributed by atoms with Crippen molar-refractivity contribution in [2.45, 2.75) is 59.7 Å². The van der Waals surface area contributed by atoms with E-state index in [0.29, 0.717) is 5.75 Å². The lowest BCUT2D eigenvalue weighted by Crippen LogP contribution is -2.37. The Labute approximate surface area is 231 Å². The summed E-state index contributed by atoms with van der Waals surface area (Å²) in [6, 6.07) is 21.7. The van der Waals surface area contributed by atoms with Crippen molar-refractivity contribution in [1.29, 1.82) is 0 Å². The van der Waals surface area contributed by atoms with Crippen molar-refractivity contribution >= 4 is 34.8 Å². The molecule has 38 heavy (non-hydrogen) atoms. The van der Waals surface area contributed by atoms with E-state index in [9.17, 15) is 5.11 Å². The van der Waals surface area contributed by atoms with Crippen molar-refractivity contribution in [2.75, 3.05) is 0 Å². The zero-order chi connectivity index (χ0) is 27.4. The number of rotatable bonds is 4. The molecule has 2 aromatic heterocycles. The van der Waals surface area contributed by atoms with Gasteiger partial charge in [0.25, 0.3) is 0 Å². The molecule has 0 fully saturated rings. The van der Waals surface area contributed by atoms with Crippen LogP contribution >= 0.6 is 11.3 Å². The number of aromatic nitrogens is 2. The average molecular weight is 537 g/mol. The van der Waals surface area contributed by atoms with Gasteiger partial charge in [0.1, 0.15) is 10.8 Å². The highest BCUT2D eigenvalue weighted by molar-refractivity contribution is 7.21. The summed E-state index contributed by atoms with van der Waals surface area (Å²) in [5, 5.41) is 13.1. The molecule has 3 nitrogen and oxygen atoms in total. The van der Waals surface area contributed by atoms with Crippen LogP contribution in [0.15, 0.2) is 66.9 Å². The van der Waals surface area contributed by atoms with Gasteiger partial charge in [-0.1, -0.05) is 69.9 Å². The standard InChI is InChI=1S/C33H36N2OSSi/c1-20-14-21(2)31(36)27(15-20)32-35-30-26(10-9-11-29(30)37-32)22-16-23(18-24(17-22)33(3,4)5)28-19-25(12-13-34-28)38(6,7)8/h9-19,36H,1-8H3. The van der Waals surface area contributed by atoms with E-state index >= 15 is 0 Å². The van der Waals surface area contributed by atoms with Gasteiger partial charge >= 0.3 is 0 Å². The number of thiazole rings is 1. The Morgan fingerprint density at radius 2 is 1.58 bits per heavy atom. The zero-order valence-electron chi connectivity index (χ0n) is 23.6. The molecule has 0 aliphatic heterocycles. The number of nitrogens with zero attached hydrogens (tertiary/aromatic N) is 2. The fourth-order valence-corrected chi connectivity index (χ4v) is 6.99. The van der Waals surface area contributed by atoms with Crippen LogP contribution in [0.5, 0.6) is 5.75 Å². The molecule has 5 heteroatoms. The van der Waals surface area contributed by atoms with Crippen LogP contribution in [-0.4, -0.2) is 23.1 Å². The van der Waals surface area contributed by atoms with Gasteiger partial charge in [0.15, 0.2) is 0 Å². The van der Waals surface area contributed by atoms with Gasteiger partial charge in [0.2, 0.25) is 0 Å². The SMILES string of the molecule is Cc1cc(C)c(O)c(-c2nc3c(-c4cc(-c5cc([Si](C)(C)C)ccn5)cc(C(C)(C)C)c4)cccc3s2)c1. The third kappa shape index (κ3) is 5.05. The van der Waals surface area contributed by atoms with E-state index in [0.717, 1.165) is 54.3 Å². The van der Waals surface area contributed by atoms with E-state index in [-0.39, 0.29) is 5.41 Å². The molecule has 0 saturated heterocycles. The molecule has 3 aromatic carbocycles. The monoisotopic (exact) mass is 536 g/mol. The molecule has 0 bridgehead atoms. The number of benzene rings is 3. The number of fused-ring (bicyclic) bond motifs is 1. The van der Waals surface area contributed by atoms with E-state index in [1.165, 1.54) is 10.8 Å². The van der Waals surface area contributed by atoms with Crippen LogP contribution < -0.4 is 5.19 Å². The minimum Gasteiger partial charge on any atom is -0.507 e. The summed E-state index contributed by atoms with van der Waals surface area (Å²) in [6.45, 7) is 17.9. The lowest BCUT2D eigenvalue weighted by molar-refractivity contribution is 0.473. The van der Waals surface area contributed by atoms with Crippen molar-refractivity contribution < 1.29 is 5.11 Å². The number of pyridine rings is 1. The maximum Gasteiger partial charge on any atom is 0.128 e. The molecule has 0 atom stereocenters. The fraction of sp³-hybridized carbons (Fsp3) is 0.273. The summed E-state index contributed by atoms with van der Waals surface area (Å²) in [6.07, 6.45) is 1.95. The Morgan fingerprint density at radius 3 is 2.29 bits per heavy atom. The maximum atomic E-state index is 10.8. The van der Waals surface area contributed by atoms with Crippen molar-refractivity contribution in [3.05, 3.63) is 83.6 Å². The molecule has 0 aliphatic rings. The van der Waals surface area contributed by atoms with Crippen LogP contribution in [0.25, 0.3) is 43.2 Å². The van der Waals surface area contributed by atoms with Gasteiger partial charge in [0, 0.05) is 17.3 Å². The van der Waals surface area contributed by atoms with Crippen molar-refractivity contribution in [3.63, 3.8) is 0 Å². The zero-order valence-corrected chi connectivity index (χ0v) is 25.4. The second kappa shape index (κ2) is 9.48. The van der Waals surface area contributed by atoms with Gasteiger partial charge in [-0.15, -0.1) is 11.3 Å². The van der Waals surface area contributed by atoms with Crippen LogP contribution in [0.4, 0.5) is 0 Å². The second-order valence-electron chi connectivity index (χ2n) is 12.4. The summed E-state index contributed by atoms with van der Waals surface area (Å²) in [5.74, 6) is 0.307. The number of para-hydroxylation sites is 1. The topological polar surface area (TPSA) is 46.0 Å². The van der Waals surface area contributed by atoms with Crippen molar-refractivity contribution in [2.24, 2.45) is 0 Å². The van der Waals surface area contributed by atoms with Gasteiger partial charge in [-0.2, -0.15) is 0 Å². The van der Waals surface area contributed by atoms with Crippen LogP contribution in [0.2, 0.25) is 19.6 Å². The van der Waals surface area contributed by atoms with E-state index in [4.69, 9.17) is 9.97 Å². The molecular formula is C33H36N2OSSi. The lowest BCUT2D eigenvalue weighted by Gasteiger charge is -2.22. The van der Waals surface area contributed by atoms with Gasteiger partial charge in [-0.05, 0) is 77.9 Å². The normalized spacial score (nSPS) is 12.3. The molecular weight excluding hydrogens is 501 g/mol. The van der Waals surface area contributed by atoms with Gasteiger partial charge < -0.3 is 5.11 Å². The average Bonchev–Trinajstić information content (AvgIpc) is 3.29. The van der Waals surface area contributed by atoms with Crippen LogP contribution in [0, 0.1) is 13.8 Å². The van der Waals surface area contributed by atoms with Gasteiger partial charge in [0.05, 0.1) is 29.5 Å². The number of hydrogen-bond acceptors (Lipinski definition) is 4. The Kier molecular flexibility index (Phi) is 6.56. The van der Waals surface area contributed by atoms with Crippen molar-refractivity contribution in [1.82, 2.24) is 9.97 Å². The first-order chi connectivity index (χ1) is 17.8. The molecule has 0 unspecified atom stereocenters. The summed E-state index contributed by atoms with van der Waals surface area (Å²) < 4.78 is 1.11. The third-order valence-electron chi connectivity index (χ3n) is 7.13. The Morgan fingerprint density at radius 1 is 0.842 bits per heavy atom. The van der Waals surface area contributed by atoms with Gasteiger partial charge in [-0.25, -0.2) is 4.98 Å². The summed E-state index contributed by atoms with van der Waals surface area (Å²) in [5.41, 5.74) is 9.38. The molecule has 0 amide bonds. The number of phenols is 1. The summed E-state index contributed by atoms with van der Waals surface area (Å²) in [7, 11) is -1.47. The maximum absolute atomic E-state index is 10.8. The van der Waals surface area contributed by atoms with Crippen molar-refractivity contribution in [3.8, 4) is 38.7 Å². The fourth-order valence-electron chi connectivity index (χ4n) is 4.84. The first-order valence-electron chi connectivity index (χ1n) is 13.1. The van der Waals surface area contributed by atoms with Crippen LogP contribution in [0.1, 0.15) is 37.5 Å². The molecule has 194 valence electrons. The second-order valence-corrected chi connectivity index (χ2v) is 18.5. The molecule has 1 N–H and O–H groups in total. The Bertz CT molecular complexity index is 1670. The van der Waals surface area contributed by atoms with Crippen LogP contribution in [-0.2, 0) is 5.41 Å². The molecule has 2 heterocycles. The smallest absolute Gasteiger partial charge is 0.128 e.